The van der Waals surface area contributed by atoms with Crippen molar-refractivity contribution in [3.63, 3.8) is 0 Å². The van der Waals surface area contributed by atoms with Crippen LogP contribution in [0.3, 0.4) is 0 Å². The van der Waals surface area contributed by atoms with Crippen LogP contribution >= 0.6 is 0 Å². The fraction of sp³-hybridized carbons (Fsp3) is 0.550. The Bertz CT molecular complexity index is 719. The summed E-state index contributed by atoms with van der Waals surface area (Å²) in [7, 11) is 0. The van der Waals surface area contributed by atoms with Crippen LogP contribution in [-0.2, 0) is 6.42 Å². The van der Waals surface area contributed by atoms with E-state index >= 15 is 0 Å². The molecule has 2 aromatic heterocycles. The Balaban J connectivity index is 1.64. The molecular weight excluding hydrogens is 326 g/mol. The van der Waals surface area contributed by atoms with Gasteiger partial charge in [-0.1, -0.05) is 19.9 Å². The monoisotopic (exact) mass is 355 g/mol. The summed E-state index contributed by atoms with van der Waals surface area (Å²) in [5.41, 5.74) is 1.53. The Morgan fingerprint density at radius 3 is 2.77 bits per heavy atom. The van der Waals surface area contributed by atoms with Gasteiger partial charge in [0.2, 0.25) is 0 Å². The first kappa shape index (κ1) is 18.6. The second kappa shape index (κ2) is 8.45. The molecule has 0 aromatic carbocycles. The standard InChI is InChI=1S/C20H29N5O/c1-4-18-17(14-23-25(18)19-7-5-6-10-21-19)20(26)22-13-16(3)24-11-8-15(2)9-12-24/h5-7,10,14-16H,4,8-9,11-13H2,1-3H3,(H,22,26)/t16-/m0/s1. The van der Waals surface area contributed by atoms with Gasteiger partial charge in [0.25, 0.3) is 5.91 Å². The Labute approximate surface area is 155 Å². The average molecular weight is 355 g/mol. The summed E-state index contributed by atoms with van der Waals surface area (Å²) >= 11 is 0. The molecule has 2 aromatic rings. The lowest BCUT2D eigenvalue weighted by Crippen LogP contribution is -2.45. The van der Waals surface area contributed by atoms with Gasteiger partial charge in [-0.25, -0.2) is 9.67 Å². The maximum atomic E-state index is 12.7. The molecule has 1 aliphatic rings. The molecule has 6 heteroatoms. The molecule has 1 saturated heterocycles. The number of nitrogens with zero attached hydrogens (tertiary/aromatic N) is 4. The number of rotatable bonds is 6. The van der Waals surface area contributed by atoms with E-state index < -0.39 is 0 Å². The van der Waals surface area contributed by atoms with Gasteiger partial charge < -0.3 is 5.32 Å². The van der Waals surface area contributed by atoms with Crippen LogP contribution in [0.1, 0.15) is 49.7 Å². The predicted octanol–water partition coefficient (Wildman–Crippen LogP) is 2.68. The van der Waals surface area contributed by atoms with E-state index in [4.69, 9.17) is 0 Å². The van der Waals surface area contributed by atoms with E-state index in [1.807, 2.05) is 25.1 Å². The maximum Gasteiger partial charge on any atom is 0.254 e. The first-order valence-electron chi connectivity index (χ1n) is 9.60. The van der Waals surface area contributed by atoms with Gasteiger partial charge in [-0.3, -0.25) is 9.69 Å². The van der Waals surface area contributed by atoms with Crippen LogP contribution in [0.5, 0.6) is 0 Å². The number of hydrogen-bond acceptors (Lipinski definition) is 4. The molecule has 1 amide bonds. The van der Waals surface area contributed by atoms with E-state index in [1.165, 1.54) is 12.8 Å². The van der Waals surface area contributed by atoms with Crippen molar-refractivity contribution in [1.82, 2.24) is 25.0 Å². The van der Waals surface area contributed by atoms with E-state index in [9.17, 15) is 4.79 Å². The Morgan fingerprint density at radius 2 is 2.12 bits per heavy atom. The molecule has 6 nitrogen and oxygen atoms in total. The molecule has 0 bridgehead atoms. The Morgan fingerprint density at radius 1 is 1.35 bits per heavy atom. The van der Waals surface area contributed by atoms with Crippen molar-refractivity contribution in [2.45, 2.75) is 46.1 Å². The molecule has 0 aliphatic carbocycles. The maximum absolute atomic E-state index is 12.7. The smallest absolute Gasteiger partial charge is 0.254 e. The number of pyridine rings is 1. The SMILES string of the molecule is CCc1c(C(=O)NC[C@H](C)N2CCC(C)CC2)cnn1-c1ccccn1. The summed E-state index contributed by atoms with van der Waals surface area (Å²) < 4.78 is 1.75. The number of hydrogen-bond donors (Lipinski definition) is 1. The number of likely N-dealkylation sites (tertiary alicyclic amines) is 1. The molecule has 140 valence electrons. The lowest BCUT2D eigenvalue weighted by atomic mass is 9.98. The van der Waals surface area contributed by atoms with Crippen molar-refractivity contribution in [3.8, 4) is 5.82 Å². The van der Waals surface area contributed by atoms with E-state index in [0.29, 0.717) is 18.2 Å². The molecule has 1 fully saturated rings. The van der Waals surface area contributed by atoms with Crippen molar-refractivity contribution in [2.24, 2.45) is 5.92 Å². The second-order valence-corrected chi connectivity index (χ2v) is 7.24. The van der Waals surface area contributed by atoms with Crippen molar-refractivity contribution in [3.05, 3.63) is 41.9 Å². The summed E-state index contributed by atoms with van der Waals surface area (Å²) in [6.07, 6.45) is 6.59. The van der Waals surface area contributed by atoms with Crippen LogP contribution in [0.4, 0.5) is 0 Å². The highest BCUT2D eigenvalue weighted by Gasteiger charge is 2.22. The van der Waals surface area contributed by atoms with Crippen molar-refractivity contribution in [1.29, 1.82) is 0 Å². The highest BCUT2D eigenvalue weighted by Crippen LogP contribution is 2.18. The third-order valence-electron chi connectivity index (χ3n) is 5.31. The van der Waals surface area contributed by atoms with Crippen LogP contribution < -0.4 is 5.32 Å². The molecule has 1 atom stereocenters. The summed E-state index contributed by atoms with van der Waals surface area (Å²) in [6.45, 7) is 9.44. The Hall–Kier alpha value is -2.21. The summed E-state index contributed by atoms with van der Waals surface area (Å²) in [6, 6.07) is 6.04. The lowest BCUT2D eigenvalue weighted by Gasteiger charge is -2.35. The van der Waals surface area contributed by atoms with Gasteiger partial charge in [0, 0.05) is 18.8 Å². The second-order valence-electron chi connectivity index (χ2n) is 7.24. The number of carbonyl (C=O) groups is 1. The molecule has 1 aliphatic heterocycles. The van der Waals surface area contributed by atoms with Crippen molar-refractivity contribution >= 4 is 5.91 Å². The van der Waals surface area contributed by atoms with E-state index in [1.54, 1.807) is 17.1 Å². The zero-order valence-electron chi connectivity index (χ0n) is 16.0. The minimum absolute atomic E-state index is 0.0544. The number of carbonyl (C=O) groups excluding carboxylic acids is 1. The van der Waals surface area contributed by atoms with Gasteiger partial charge in [0.15, 0.2) is 5.82 Å². The zero-order chi connectivity index (χ0) is 18.5. The quantitative estimate of drug-likeness (QED) is 0.865. The predicted molar refractivity (Wildman–Crippen MR) is 103 cm³/mol. The molecule has 0 unspecified atom stereocenters. The first-order valence-corrected chi connectivity index (χ1v) is 9.60. The Kier molecular flexibility index (Phi) is 6.04. The first-order chi connectivity index (χ1) is 12.6. The van der Waals surface area contributed by atoms with Crippen LogP contribution in [0.15, 0.2) is 30.6 Å². The van der Waals surface area contributed by atoms with Gasteiger partial charge >= 0.3 is 0 Å². The average Bonchev–Trinajstić information content (AvgIpc) is 3.11. The van der Waals surface area contributed by atoms with E-state index in [2.05, 4.69) is 34.1 Å². The highest BCUT2D eigenvalue weighted by atomic mass is 16.1. The van der Waals surface area contributed by atoms with Gasteiger partial charge in [0.1, 0.15) is 0 Å². The minimum Gasteiger partial charge on any atom is -0.350 e. The van der Waals surface area contributed by atoms with Crippen LogP contribution in [0, 0.1) is 5.92 Å². The lowest BCUT2D eigenvalue weighted by molar-refractivity contribution is 0.0921. The third kappa shape index (κ3) is 4.12. The van der Waals surface area contributed by atoms with E-state index in [0.717, 1.165) is 36.9 Å². The summed E-state index contributed by atoms with van der Waals surface area (Å²) in [5.74, 6) is 1.50. The summed E-state index contributed by atoms with van der Waals surface area (Å²) in [5, 5.41) is 7.48. The van der Waals surface area contributed by atoms with Gasteiger partial charge in [-0.15, -0.1) is 0 Å². The molecule has 0 radical (unpaired) electrons. The van der Waals surface area contributed by atoms with Crippen LogP contribution in [0.25, 0.3) is 5.82 Å². The molecule has 26 heavy (non-hydrogen) atoms. The number of piperidine rings is 1. The molecular formula is C20H29N5O. The van der Waals surface area contributed by atoms with Crippen LogP contribution in [0.2, 0.25) is 0 Å². The molecule has 1 N–H and O–H groups in total. The minimum atomic E-state index is -0.0544. The van der Waals surface area contributed by atoms with Gasteiger partial charge in [-0.05, 0) is 57.3 Å². The molecule has 0 saturated carbocycles. The van der Waals surface area contributed by atoms with E-state index in [-0.39, 0.29) is 5.91 Å². The zero-order valence-corrected chi connectivity index (χ0v) is 16.0. The normalized spacial score (nSPS) is 17.2. The highest BCUT2D eigenvalue weighted by molar-refractivity contribution is 5.95. The number of aromatic nitrogens is 3. The fourth-order valence-electron chi connectivity index (χ4n) is 3.51. The number of nitrogens with one attached hydrogen (secondary N) is 1. The van der Waals surface area contributed by atoms with Crippen LogP contribution in [-0.4, -0.2) is 51.2 Å². The van der Waals surface area contributed by atoms with Gasteiger partial charge in [-0.2, -0.15) is 5.10 Å². The molecule has 3 rings (SSSR count). The molecule has 3 heterocycles. The summed E-state index contributed by atoms with van der Waals surface area (Å²) in [4.78, 5) is 19.5. The topological polar surface area (TPSA) is 63.1 Å². The number of amides is 1. The van der Waals surface area contributed by atoms with Crippen molar-refractivity contribution < 1.29 is 4.79 Å². The fourth-order valence-corrected chi connectivity index (χ4v) is 3.51. The third-order valence-corrected chi connectivity index (χ3v) is 5.31. The van der Waals surface area contributed by atoms with Gasteiger partial charge in [0.05, 0.1) is 17.5 Å². The largest absolute Gasteiger partial charge is 0.350 e. The van der Waals surface area contributed by atoms with Crippen molar-refractivity contribution in [2.75, 3.05) is 19.6 Å². The molecule has 0 spiro atoms.